The van der Waals surface area contributed by atoms with Crippen LogP contribution in [0.15, 0.2) is 0 Å². The van der Waals surface area contributed by atoms with Crippen molar-refractivity contribution in [2.24, 2.45) is 0 Å². The molecule has 1 aliphatic rings. The van der Waals surface area contributed by atoms with Gasteiger partial charge in [0.05, 0.1) is 6.10 Å². The molecular formula is C64H127N3O3. The first-order valence-corrected chi connectivity index (χ1v) is 32.5. The Morgan fingerprint density at radius 2 is 0.557 bits per heavy atom. The SMILES string of the molecule is CCCCCCCCCCN(CCCCCCCCCC)C(=O)CCCCCCCN(CCCCCCCC(=O)N(CCCCCCCCCC)CCCCCCCCCC)C1CCCCCCC1O. The molecule has 6 heteroatoms. The van der Waals surface area contributed by atoms with E-state index in [1.807, 2.05) is 0 Å². The molecule has 1 N–H and O–H groups in total. The molecule has 0 heterocycles. The van der Waals surface area contributed by atoms with Crippen molar-refractivity contribution in [3.05, 3.63) is 0 Å². The predicted molar refractivity (Wildman–Crippen MR) is 308 cm³/mol. The van der Waals surface area contributed by atoms with Gasteiger partial charge in [0, 0.05) is 45.1 Å². The maximum absolute atomic E-state index is 13.5. The molecule has 0 radical (unpaired) electrons. The highest BCUT2D eigenvalue weighted by Crippen LogP contribution is 2.24. The summed E-state index contributed by atoms with van der Waals surface area (Å²) in [4.78, 5) is 34.3. The normalized spacial score (nSPS) is 15.4. The molecule has 2 atom stereocenters. The van der Waals surface area contributed by atoms with E-state index >= 15 is 0 Å². The standard InChI is InChI=1S/C64H127N3O3/c1-5-9-13-17-21-25-35-47-57-66(58-48-36-26-22-18-14-10-6-2)63(69)53-43-31-29-39-45-55-65(61-51-41-33-34-42-52-62(61)68)56-46-40-30-32-44-54-64(70)67(59-49-37-27-23-19-15-11-7-3)60-50-38-28-24-20-16-12-8-4/h61-62,68H,5-60H2,1-4H3. The summed E-state index contributed by atoms with van der Waals surface area (Å²) in [7, 11) is 0. The van der Waals surface area contributed by atoms with Crippen molar-refractivity contribution in [1.29, 1.82) is 0 Å². The first-order valence-electron chi connectivity index (χ1n) is 32.5. The van der Waals surface area contributed by atoms with Gasteiger partial charge >= 0.3 is 0 Å². The van der Waals surface area contributed by atoms with Crippen LogP contribution in [0.5, 0.6) is 0 Å². The summed E-state index contributed by atoms with van der Waals surface area (Å²) in [5, 5.41) is 11.4. The van der Waals surface area contributed by atoms with E-state index in [2.05, 4.69) is 42.4 Å². The minimum Gasteiger partial charge on any atom is -0.391 e. The van der Waals surface area contributed by atoms with E-state index in [9.17, 15) is 14.7 Å². The van der Waals surface area contributed by atoms with Crippen molar-refractivity contribution in [3.8, 4) is 0 Å². The first-order chi connectivity index (χ1) is 34.5. The Morgan fingerprint density at radius 3 is 0.857 bits per heavy atom. The Bertz CT molecular complexity index is 976. The van der Waals surface area contributed by atoms with Gasteiger partial charge in [0.2, 0.25) is 11.8 Å². The van der Waals surface area contributed by atoms with Gasteiger partial charge in [-0.2, -0.15) is 0 Å². The van der Waals surface area contributed by atoms with Crippen molar-refractivity contribution in [2.45, 2.75) is 361 Å². The fourth-order valence-corrected chi connectivity index (χ4v) is 11.3. The summed E-state index contributed by atoms with van der Waals surface area (Å²) in [5.41, 5.74) is 0. The molecule has 0 spiro atoms. The second-order valence-corrected chi connectivity index (χ2v) is 22.9. The van der Waals surface area contributed by atoms with Crippen LogP contribution in [-0.4, -0.2) is 83.0 Å². The molecule has 0 aliphatic heterocycles. The molecule has 6 nitrogen and oxygen atoms in total. The number of aliphatic hydroxyl groups excluding tert-OH is 1. The summed E-state index contributed by atoms with van der Waals surface area (Å²) in [6.07, 6.45) is 62.1. The Hall–Kier alpha value is -1.14. The minimum atomic E-state index is -0.198. The molecule has 1 aliphatic carbocycles. The summed E-state index contributed by atoms with van der Waals surface area (Å²) in [6, 6.07) is 0.303. The monoisotopic (exact) mass is 986 g/mol. The summed E-state index contributed by atoms with van der Waals surface area (Å²) in [6.45, 7) is 15.2. The topological polar surface area (TPSA) is 64.1 Å². The molecular weight excluding hydrogens is 859 g/mol. The van der Waals surface area contributed by atoms with Gasteiger partial charge in [-0.15, -0.1) is 0 Å². The number of hydrogen-bond acceptors (Lipinski definition) is 4. The van der Waals surface area contributed by atoms with Crippen molar-refractivity contribution in [2.75, 3.05) is 39.3 Å². The third-order valence-corrected chi connectivity index (χ3v) is 16.2. The Labute approximate surface area is 439 Å². The largest absolute Gasteiger partial charge is 0.391 e. The number of amides is 2. The van der Waals surface area contributed by atoms with Crippen LogP contribution in [0.2, 0.25) is 0 Å². The quantitative estimate of drug-likeness (QED) is 0.0617. The van der Waals surface area contributed by atoms with Crippen LogP contribution in [0.1, 0.15) is 349 Å². The predicted octanol–water partition coefficient (Wildman–Crippen LogP) is 19.3. The lowest BCUT2D eigenvalue weighted by Crippen LogP contribution is -2.45. The second-order valence-electron chi connectivity index (χ2n) is 22.9. The molecule has 1 saturated carbocycles. The fourth-order valence-electron chi connectivity index (χ4n) is 11.3. The van der Waals surface area contributed by atoms with Gasteiger partial charge in [-0.25, -0.2) is 0 Å². The van der Waals surface area contributed by atoms with Gasteiger partial charge in [-0.3, -0.25) is 14.5 Å². The summed E-state index contributed by atoms with van der Waals surface area (Å²) < 4.78 is 0. The number of carbonyl (C=O) groups is 2. The van der Waals surface area contributed by atoms with E-state index in [0.717, 1.165) is 97.1 Å². The van der Waals surface area contributed by atoms with Crippen LogP contribution in [0, 0.1) is 0 Å². The second kappa shape index (κ2) is 52.7. The third-order valence-electron chi connectivity index (χ3n) is 16.2. The van der Waals surface area contributed by atoms with Crippen LogP contribution in [-0.2, 0) is 9.59 Å². The molecule has 416 valence electrons. The highest BCUT2D eigenvalue weighted by Gasteiger charge is 2.26. The van der Waals surface area contributed by atoms with Crippen molar-refractivity contribution in [1.82, 2.24) is 14.7 Å². The average Bonchev–Trinajstić information content (AvgIpc) is 3.35. The number of rotatable bonds is 53. The molecule has 0 aromatic rings. The van der Waals surface area contributed by atoms with Crippen LogP contribution < -0.4 is 0 Å². The van der Waals surface area contributed by atoms with Crippen molar-refractivity contribution in [3.63, 3.8) is 0 Å². The number of unbranched alkanes of at least 4 members (excludes halogenated alkanes) is 36. The lowest BCUT2D eigenvalue weighted by molar-refractivity contribution is -0.132. The smallest absolute Gasteiger partial charge is 0.222 e. The molecule has 1 rings (SSSR count). The maximum Gasteiger partial charge on any atom is 0.222 e. The van der Waals surface area contributed by atoms with Gasteiger partial charge in [0.25, 0.3) is 0 Å². The van der Waals surface area contributed by atoms with Gasteiger partial charge in [0.15, 0.2) is 0 Å². The van der Waals surface area contributed by atoms with Crippen LogP contribution in [0.3, 0.4) is 0 Å². The zero-order chi connectivity index (χ0) is 50.6. The van der Waals surface area contributed by atoms with E-state index in [0.29, 0.717) is 17.9 Å². The van der Waals surface area contributed by atoms with E-state index in [1.54, 1.807) is 0 Å². The van der Waals surface area contributed by atoms with Crippen LogP contribution in [0.4, 0.5) is 0 Å². The van der Waals surface area contributed by atoms with Gasteiger partial charge in [-0.05, 0) is 77.3 Å². The maximum atomic E-state index is 13.5. The molecule has 2 unspecified atom stereocenters. The third kappa shape index (κ3) is 41.2. The highest BCUT2D eigenvalue weighted by molar-refractivity contribution is 5.76. The molecule has 0 aromatic carbocycles. The van der Waals surface area contributed by atoms with Gasteiger partial charge < -0.3 is 14.9 Å². The molecule has 70 heavy (non-hydrogen) atoms. The summed E-state index contributed by atoms with van der Waals surface area (Å²) in [5.74, 6) is 0.819. The summed E-state index contributed by atoms with van der Waals surface area (Å²) >= 11 is 0. The average molecular weight is 987 g/mol. The van der Waals surface area contributed by atoms with E-state index < -0.39 is 0 Å². The lowest BCUT2D eigenvalue weighted by atomic mass is 9.92. The van der Waals surface area contributed by atoms with E-state index in [4.69, 9.17) is 0 Å². The zero-order valence-corrected chi connectivity index (χ0v) is 48.4. The lowest BCUT2D eigenvalue weighted by Gasteiger charge is -2.36. The number of aliphatic hydroxyl groups is 1. The molecule has 2 amide bonds. The first kappa shape index (κ1) is 66.9. The highest BCUT2D eigenvalue weighted by atomic mass is 16.3. The Balaban J connectivity index is 2.53. The van der Waals surface area contributed by atoms with Gasteiger partial charge in [0.1, 0.15) is 0 Å². The molecule has 0 bridgehead atoms. The number of nitrogens with zero attached hydrogens (tertiary/aromatic N) is 3. The Morgan fingerprint density at radius 1 is 0.314 bits per heavy atom. The molecule has 0 aromatic heterocycles. The van der Waals surface area contributed by atoms with E-state index in [-0.39, 0.29) is 6.10 Å². The van der Waals surface area contributed by atoms with E-state index in [1.165, 1.54) is 263 Å². The Kier molecular flexibility index (Phi) is 50.4. The van der Waals surface area contributed by atoms with Gasteiger partial charge in [-0.1, -0.05) is 272 Å². The zero-order valence-electron chi connectivity index (χ0n) is 48.4. The number of carbonyl (C=O) groups excluding carboxylic acids is 2. The van der Waals surface area contributed by atoms with Crippen molar-refractivity contribution >= 4 is 11.8 Å². The fraction of sp³-hybridized carbons (Fsp3) is 0.969. The van der Waals surface area contributed by atoms with Crippen LogP contribution in [0.25, 0.3) is 0 Å². The molecule has 0 saturated heterocycles. The van der Waals surface area contributed by atoms with Crippen LogP contribution >= 0.6 is 0 Å². The molecule has 1 fully saturated rings. The number of hydrogen-bond donors (Lipinski definition) is 1. The minimum absolute atomic E-state index is 0.198. The van der Waals surface area contributed by atoms with Crippen molar-refractivity contribution < 1.29 is 14.7 Å².